The molecule has 1 fully saturated rings. The normalized spacial score (nSPS) is 21.1. The topological polar surface area (TPSA) is 49.4 Å². The van der Waals surface area contributed by atoms with Crippen LogP contribution in [0, 0.1) is 5.92 Å². The van der Waals surface area contributed by atoms with Gasteiger partial charge in [-0.3, -0.25) is 0 Å². The van der Waals surface area contributed by atoms with E-state index in [1.54, 1.807) is 16.4 Å². The molecular formula is C13H18BrClN2O2S. The molecule has 1 aromatic carbocycles. The first-order valence-corrected chi connectivity index (χ1v) is 9.16. The van der Waals surface area contributed by atoms with E-state index >= 15 is 0 Å². The van der Waals surface area contributed by atoms with Crippen molar-refractivity contribution in [3.8, 4) is 0 Å². The molecule has 0 amide bonds. The largest absolute Gasteiger partial charge is 0.319 e. The van der Waals surface area contributed by atoms with Crippen molar-refractivity contribution in [3.63, 3.8) is 0 Å². The van der Waals surface area contributed by atoms with Crippen molar-refractivity contribution >= 4 is 37.6 Å². The number of hydrogen-bond acceptors (Lipinski definition) is 3. The van der Waals surface area contributed by atoms with Crippen LogP contribution in [0.1, 0.15) is 12.8 Å². The van der Waals surface area contributed by atoms with Crippen molar-refractivity contribution in [1.29, 1.82) is 0 Å². The first-order chi connectivity index (χ1) is 9.45. The van der Waals surface area contributed by atoms with Crippen molar-refractivity contribution in [2.24, 2.45) is 5.92 Å². The Balaban J connectivity index is 2.23. The number of hydrogen-bond donors (Lipinski definition) is 1. The summed E-state index contributed by atoms with van der Waals surface area (Å²) in [4.78, 5) is 0.260. The van der Waals surface area contributed by atoms with Crippen molar-refractivity contribution in [3.05, 3.63) is 27.7 Å². The van der Waals surface area contributed by atoms with Gasteiger partial charge < -0.3 is 5.32 Å². The maximum absolute atomic E-state index is 12.6. The van der Waals surface area contributed by atoms with E-state index in [-0.39, 0.29) is 4.90 Å². The van der Waals surface area contributed by atoms with Crippen LogP contribution in [0.15, 0.2) is 27.6 Å². The van der Waals surface area contributed by atoms with Crippen molar-refractivity contribution < 1.29 is 8.42 Å². The highest BCUT2D eigenvalue weighted by molar-refractivity contribution is 9.10. The summed E-state index contributed by atoms with van der Waals surface area (Å²) >= 11 is 9.27. The molecule has 4 nitrogen and oxygen atoms in total. The van der Waals surface area contributed by atoms with Crippen LogP contribution in [-0.4, -0.2) is 39.4 Å². The second-order valence-electron chi connectivity index (χ2n) is 5.00. The average molecular weight is 382 g/mol. The van der Waals surface area contributed by atoms with E-state index in [2.05, 4.69) is 21.2 Å². The van der Waals surface area contributed by atoms with E-state index in [9.17, 15) is 8.42 Å². The second kappa shape index (κ2) is 6.75. The molecule has 7 heteroatoms. The lowest BCUT2D eigenvalue weighted by atomic mass is 10.00. The van der Waals surface area contributed by atoms with E-state index in [0.29, 0.717) is 28.5 Å². The molecule has 1 heterocycles. The van der Waals surface area contributed by atoms with E-state index in [1.165, 1.54) is 6.07 Å². The Hall–Kier alpha value is -0.140. The maximum Gasteiger partial charge on any atom is 0.243 e. The molecule has 1 aliphatic heterocycles. The highest BCUT2D eigenvalue weighted by Gasteiger charge is 2.30. The number of nitrogens with one attached hydrogen (secondary N) is 1. The van der Waals surface area contributed by atoms with Gasteiger partial charge >= 0.3 is 0 Å². The Kier molecular flexibility index (Phi) is 5.48. The standard InChI is InChI=1S/C13H18BrClN2O2S/c1-16-8-10-3-2-6-17(9-10)20(18,19)11-4-5-12(14)13(15)7-11/h4-5,7,10,16H,2-3,6,8-9H2,1H3/t10-/m1/s1. The molecular weight excluding hydrogens is 364 g/mol. The molecule has 0 aliphatic carbocycles. The van der Waals surface area contributed by atoms with Crippen LogP contribution in [0.5, 0.6) is 0 Å². The summed E-state index contributed by atoms with van der Waals surface area (Å²) in [6.07, 6.45) is 1.96. The zero-order valence-electron chi connectivity index (χ0n) is 11.3. The SMILES string of the molecule is CNC[C@H]1CCCN(S(=O)(=O)c2ccc(Br)c(Cl)c2)C1. The van der Waals surface area contributed by atoms with Crippen LogP contribution in [-0.2, 0) is 10.0 Å². The highest BCUT2D eigenvalue weighted by atomic mass is 79.9. The van der Waals surface area contributed by atoms with Crippen molar-refractivity contribution in [2.75, 3.05) is 26.7 Å². The summed E-state index contributed by atoms with van der Waals surface area (Å²) in [6.45, 7) is 1.99. The van der Waals surface area contributed by atoms with Gasteiger partial charge in [-0.05, 0) is 66.5 Å². The fraction of sp³-hybridized carbons (Fsp3) is 0.538. The van der Waals surface area contributed by atoms with Gasteiger partial charge in [-0.25, -0.2) is 8.42 Å². The number of piperidine rings is 1. The van der Waals surface area contributed by atoms with Gasteiger partial charge in [0.15, 0.2) is 0 Å². The maximum atomic E-state index is 12.6. The molecule has 0 aromatic heterocycles. The van der Waals surface area contributed by atoms with Gasteiger partial charge in [0.05, 0.1) is 9.92 Å². The summed E-state index contributed by atoms with van der Waals surface area (Å²) < 4.78 is 27.5. The number of nitrogens with zero attached hydrogens (tertiary/aromatic N) is 1. The summed E-state index contributed by atoms with van der Waals surface area (Å²) in [6, 6.07) is 4.76. The molecule has 1 aromatic rings. The van der Waals surface area contributed by atoms with Gasteiger partial charge in [0, 0.05) is 17.6 Å². The predicted octanol–water partition coefficient (Wildman–Crippen LogP) is 2.72. The highest BCUT2D eigenvalue weighted by Crippen LogP contribution is 2.28. The number of rotatable bonds is 4. The molecule has 112 valence electrons. The van der Waals surface area contributed by atoms with Crippen LogP contribution < -0.4 is 5.32 Å². The smallest absolute Gasteiger partial charge is 0.243 e. The van der Waals surface area contributed by atoms with Crippen LogP contribution in [0.4, 0.5) is 0 Å². The Morgan fingerprint density at radius 1 is 1.50 bits per heavy atom. The molecule has 0 saturated carbocycles. The second-order valence-corrected chi connectivity index (χ2v) is 8.20. The molecule has 20 heavy (non-hydrogen) atoms. The van der Waals surface area contributed by atoms with Gasteiger partial charge in [-0.15, -0.1) is 0 Å². The van der Waals surface area contributed by atoms with Gasteiger partial charge in [-0.2, -0.15) is 4.31 Å². The summed E-state index contributed by atoms with van der Waals surface area (Å²) in [7, 11) is -1.56. The third-order valence-electron chi connectivity index (χ3n) is 3.50. The molecule has 1 aliphatic rings. The lowest BCUT2D eigenvalue weighted by molar-refractivity contribution is 0.263. The number of sulfonamides is 1. The fourth-order valence-electron chi connectivity index (χ4n) is 2.49. The molecule has 0 unspecified atom stereocenters. The van der Waals surface area contributed by atoms with Crippen molar-refractivity contribution in [1.82, 2.24) is 9.62 Å². The first kappa shape index (κ1) is 16.2. The number of benzene rings is 1. The lowest BCUT2D eigenvalue weighted by Crippen LogP contribution is -2.42. The fourth-order valence-corrected chi connectivity index (χ4v) is 4.56. The summed E-state index contributed by atoms with van der Waals surface area (Å²) in [5.74, 6) is 0.370. The predicted molar refractivity (Wildman–Crippen MR) is 84.6 cm³/mol. The molecule has 1 atom stereocenters. The minimum atomic E-state index is -3.45. The Morgan fingerprint density at radius 2 is 2.25 bits per heavy atom. The van der Waals surface area contributed by atoms with E-state index in [4.69, 9.17) is 11.6 Å². The van der Waals surface area contributed by atoms with E-state index < -0.39 is 10.0 Å². The van der Waals surface area contributed by atoms with Crippen molar-refractivity contribution in [2.45, 2.75) is 17.7 Å². The van der Waals surface area contributed by atoms with Crippen LogP contribution in [0.25, 0.3) is 0 Å². The van der Waals surface area contributed by atoms with Gasteiger partial charge in [0.1, 0.15) is 0 Å². The zero-order chi connectivity index (χ0) is 14.8. The quantitative estimate of drug-likeness (QED) is 0.872. The minimum Gasteiger partial charge on any atom is -0.319 e. The first-order valence-electron chi connectivity index (χ1n) is 6.55. The average Bonchev–Trinajstić information content (AvgIpc) is 2.42. The van der Waals surface area contributed by atoms with E-state index in [1.807, 2.05) is 7.05 Å². The van der Waals surface area contributed by atoms with Crippen LogP contribution in [0.3, 0.4) is 0 Å². The van der Waals surface area contributed by atoms with Crippen LogP contribution >= 0.6 is 27.5 Å². The Labute approximate surface area is 133 Å². The van der Waals surface area contributed by atoms with Crippen LogP contribution in [0.2, 0.25) is 5.02 Å². The molecule has 2 rings (SSSR count). The number of halogens is 2. The Bertz CT molecular complexity index is 578. The third kappa shape index (κ3) is 3.54. The zero-order valence-corrected chi connectivity index (χ0v) is 14.4. The van der Waals surface area contributed by atoms with Gasteiger partial charge in [0.25, 0.3) is 0 Å². The molecule has 1 N–H and O–H groups in total. The lowest BCUT2D eigenvalue weighted by Gasteiger charge is -2.31. The van der Waals surface area contributed by atoms with Gasteiger partial charge in [-0.1, -0.05) is 11.6 Å². The summed E-state index contributed by atoms with van der Waals surface area (Å²) in [5.41, 5.74) is 0. The summed E-state index contributed by atoms with van der Waals surface area (Å²) in [5, 5.41) is 3.53. The molecule has 1 saturated heterocycles. The monoisotopic (exact) mass is 380 g/mol. The molecule has 0 bridgehead atoms. The molecule has 0 spiro atoms. The third-order valence-corrected chi connectivity index (χ3v) is 6.60. The minimum absolute atomic E-state index is 0.260. The Morgan fingerprint density at radius 3 is 2.90 bits per heavy atom. The van der Waals surface area contributed by atoms with Gasteiger partial charge in [0.2, 0.25) is 10.0 Å². The molecule has 0 radical (unpaired) electrons. The van der Waals surface area contributed by atoms with E-state index in [0.717, 1.165) is 19.4 Å².